The number of carbonyl (C=O) groups is 3. The van der Waals surface area contributed by atoms with Crippen LogP contribution in [0.25, 0.3) is 11.1 Å². The molecule has 3 aromatic carbocycles. The minimum absolute atomic E-state index is 0.0326. The van der Waals surface area contributed by atoms with Crippen LogP contribution in [-0.4, -0.2) is 34.1 Å². The first-order valence-electron chi connectivity index (χ1n) is 11.3. The Kier molecular flexibility index (Phi) is 8.57. The molecule has 3 aromatic rings. The number of benzene rings is 3. The van der Waals surface area contributed by atoms with Gasteiger partial charge in [-0.25, -0.2) is 4.79 Å². The monoisotopic (exact) mass is 459 g/mol. The molecule has 0 spiro atoms. The second-order valence-corrected chi connectivity index (χ2v) is 8.52. The smallest absolute Gasteiger partial charge is 0.335 e. The van der Waals surface area contributed by atoms with Gasteiger partial charge in [-0.2, -0.15) is 0 Å². The number of rotatable bonds is 11. The average molecular weight is 460 g/mol. The van der Waals surface area contributed by atoms with Crippen molar-refractivity contribution < 1.29 is 24.6 Å². The van der Waals surface area contributed by atoms with Crippen LogP contribution >= 0.6 is 0 Å². The van der Waals surface area contributed by atoms with E-state index < -0.39 is 17.9 Å². The van der Waals surface area contributed by atoms with E-state index in [-0.39, 0.29) is 23.9 Å². The van der Waals surface area contributed by atoms with Gasteiger partial charge in [-0.05, 0) is 53.6 Å². The number of carbonyl (C=O) groups excluding carboxylic acids is 1. The minimum atomic E-state index is -1.05. The molecule has 6 nitrogen and oxygen atoms in total. The van der Waals surface area contributed by atoms with Crippen molar-refractivity contribution in [3.8, 4) is 11.1 Å². The van der Waals surface area contributed by atoms with E-state index in [1.165, 1.54) is 12.1 Å². The Labute approximate surface area is 199 Å². The van der Waals surface area contributed by atoms with E-state index in [2.05, 4.69) is 41.7 Å². The third kappa shape index (κ3) is 7.30. The lowest BCUT2D eigenvalue weighted by atomic mass is 9.95. The quantitative estimate of drug-likeness (QED) is 0.381. The number of carboxylic acids is 2. The van der Waals surface area contributed by atoms with Gasteiger partial charge >= 0.3 is 11.9 Å². The number of aryl methyl sites for hydroxylation is 1. The zero-order chi connectivity index (χ0) is 24.5. The van der Waals surface area contributed by atoms with Gasteiger partial charge in [-0.1, -0.05) is 73.7 Å². The first-order chi connectivity index (χ1) is 16.3. The van der Waals surface area contributed by atoms with Crippen LogP contribution in [0.1, 0.15) is 41.3 Å². The summed E-state index contributed by atoms with van der Waals surface area (Å²) in [7, 11) is 0. The van der Waals surface area contributed by atoms with E-state index in [9.17, 15) is 19.5 Å². The number of hydrogen-bond acceptors (Lipinski definition) is 3. The van der Waals surface area contributed by atoms with Crippen LogP contribution in [0.5, 0.6) is 0 Å². The number of hydrogen-bond donors (Lipinski definition) is 3. The molecule has 1 amide bonds. The molecule has 0 aliphatic carbocycles. The van der Waals surface area contributed by atoms with Crippen LogP contribution in [-0.2, 0) is 22.4 Å². The normalized spacial score (nSPS) is 12.5. The zero-order valence-corrected chi connectivity index (χ0v) is 19.1. The van der Waals surface area contributed by atoms with E-state index in [0.29, 0.717) is 24.8 Å². The molecule has 176 valence electrons. The Bertz CT molecular complexity index is 1130. The topological polar surface area (TPSA) is 104 Å². The molecular weight excluding hydrogens is 430 g/mol. The summed E-state index contributed by atoms with van der Waals surface area (Å²) in [5.41, 5.74) is 4.09. The van der Waals surface area contributed by atoms with E-state index in [4.69, 9.17) is 5.11 Å². The van der Waals surface area contributed by atoms with Crippen molar-refractivity contribution in [2.75, 3.05) is 0 Å². The standard InChI is InChI=1S/C28H29NO5/c1-19(27(31)32)16-25(29-26(30)18-21-6-5-9-24(17-21)28(33)34)15-12-20-10-13-23(14-11-20)22-7-3-2-4-8-22/h2-11,13-14,17,19,25H,12,15-16,18H2,1H3,(H,29,30)(H,31,32)(H,33,34). The van der Waals surface area contributed by atoms with Crippen molar-refractivity contribution in [3.63, 3.8) is 0 Å². The van der Waals surface area contributed by atoms with Crippen LogP contribution in [0.3, 0.4) is 0 Å². The summed E-state index contributed by atoms with van der Waals surface area (Å²) in [6, 6.07) is 24.3. The summed E-state index contributed by atoms with van der Waals surface area (Å²) in [6.45, 7) is 1.63. The molecule has 0 aromatic heterocycles. The molecular formula is C28H29NO5. The highest BCUT2D eigenvalue weighted by atomic mass is 16.4. The molecule has 0 aliphatic heterocycles. The molecule has 0 fully saturated rings. The van der Waals surface area contributed by atoms with Gasteiger partial charge in [0.25, 0.3) is 0 Å². The van der Waals surface area contributed by atoms with Crippen molar-refractivity contribution in [3.05, 3.63) is 95.6 Å². The maximum Gasteiger partial charge on any atom is 0.335 e. The molecule has 0 heterocycles. The van der Waals surface area contributed by atoms with Gasteiger partial charge in [0.05, 0.1) is 17.9 Å². The highest BCUT2D eigenvalue weighted by Gasteiger charge is 2.20. The Morgan fingerprint density at radius 1 is 0.824 bits per heavy atom. The van der Waals surface area contributed by atoms with E-state index in [1.54, 1.807) is 19.1 Å². The van der Waals surface area contributed by atoms with Gasteiger partial charge in [0, 0.05) is 6.04 Å². The molecule has 2 atom stereocenters. The molecule has 3 rings (SSSR count). The molecule has 0 aliphatic rings. The van der Waals surface area contributed by atoms with Gasteiger partial charge in [0.1, 0.15) is 0 Å². The van der Waals surface area contributed by atoms with Gasteiger partial charge in [0.15, 0.2) is 0 Å². The molecule has 0 saturated carbocycles. The van der Waals surface area contributed by atoms with Crippen LogP contribution in [0.15, 0.2) is 78.9 Å². The highest BCUT2D eigenvalue weighted by Crippen LogP contribution is 2.20. The summed E-state index contributed by atoms with van der Waals surface area (Å²) in [5.74, 6) is -2.81. The first-order valence-corrected chi connectivity index (χ1v) is 11.3. The summed E-state index contributed by atoms with van der Waals surface area (Å²) >= 11 is 0. The Morgan fingerprint density at radius 3 is 2.15 bits per heavy atom. The average Bonchev–Trinajstić information content (AvgIpc) is 2.83. The molecule has 34 heavy (non-hydrogen) atoms. The minimum Gasteiger partial charge on any atom is -0.481 e. The van der Waals surface area contributed by atoms with Gasteiger partial charge < -0.3 is 15.5 Å². The lowest BCUT2D eigenvalue weighted by Gasteiger charge is -2.21. The third-order valence-electron chi connectivity index (χ3n) is 5.81. The largest absolute Gasteiger partial charge is 0.481 e. The van der Waals surface area contributed by atoms with Crippen LogP contribution in [0, 0.1) is 5.92 Å². The first kappa shape index (κ1) is 24.7. The highest BCUT2D eigenvalue weighted by molar-refractivity contribution is 5.88. The molecule has 3 N–H and O–H groups in total. The van der Waals surface area contributed by atoms with E-state index in [1.807, 2.05) is 18.2 Å². The molecule has 6 heteroatoms. The van der Waals surface area contributed by atoms with Gasteiger partial charge in [-0.15, -0.1) is 0 Å². The second-order valence-electron chi connectivity index (χ2n) is 8.52. The van der Waals surface area contributed by atoms with Crippen molar-refractivity contribution >= 4 is 17.8 Å². The maximum atomic E-state index is 12.7. The van der Waals surface area contributed by atoms with Crippen molar-refractivity contribution in [2.45, 2.75) is 38.6 Å². The molecule has 0 saturated heterocycles. The number of amides is 1. The lowest BCUT2D eigenvalue weighted by molar-refractivity contribution is -0.141. The van der Waals surface area contributed by atoms with Gasteiger partial charge in [-0.3, -0.25) is 9.59 Å². The van der Waals surface area contributed by atoms with Crippen molar-refractivity contribution in [2.24, 2.45) is 5.92 Å². The number of carboxylic acid groups (broad SMARTS) is 2. The lowest BCUT2D eigenvalue weighted by Crippen LogP contribution is -2.38. The van der Waals surface area contributed by atoms with Gasteiger partial charge in [0.2, 0.25) is 5.91 Å². The van der Waals surface area contributed by atoms with Crippen LogP contribution in [0.2, 0.25) is 0 Å². The second kappa shape index (κ2) is 11.8. The van der Waals surface area contributed by atoms with Crippen LogP contribution in [0.4, 0.5) is 0 Å². The predicted molar refractivity (Wildman–Crippen MR) is 131 cm³/mol. The van der Waals surface area contributed by atoms with Crippen molar-refractivity contribution in [1.29, 1.82) is 0 Å². The summed E-state index contributed by atoms with van der Waals surface area (Å²) in [5, 5.41) is 21.4. The Balaban J connectivity index is 1.63. The maximum absolute atomic E-state index is 12.7. The number of aliphatic carboxylic acids is 1. The van der Waals surface area contributed by atoms with E-state index >= 15 is 0 Å². The van der Waals surface area contributed by atoms with E-state index in [0.717, 1.165) is 16.7 Å². The molecule has 0 bridgehead atoms. The predicted octanol–water partition coefficient (Wildman–Crippen LogP) is 4.82. The molecule has 0 radical (unpaired) electrons. The summed E-state index contributed by atoms with van der Waals surface area (Å²) < 4.78 is 0. The fourth-order valence-electron chi connectivity index (χ4n) is 3.89. The van der Waals surface area contributed by atoms with Crippen molar-refractivity contribution in [1.82, 2.24) is 5.32 Å². The van der Waals surface area contributed by atoms with Crippen LogP contribution < -0.4 is 5.32 Å². The zero-order valence-electron chi connectivity index (χ0n) is 19.1. The Morgan fingerprint density at radius 2 is 1.50 bits per heavy atom. The SMILES string of the molecule is CC(CC(CCc1ccc(-c2ccccc2)cc1)NC(=O)Cc1cccc(C(=O)O)c1)C(=O)O. The number of aromatic carboxylic acids is 1. The molecule has 2 unspecified atom stereocenters. The Hall–Kier alpha value is -3.93. The fourth-order valence-corrected chi connectivity index (χ4v) is 3.89. The summed E-state index contributed by atoms with van der Waals surface area (Å²) in [4.78, 5) is 35.2. The summed E-state index contributed by atoms with van der Waals surface area (Å²) in [6.07, 6.45) is 1.65. The third-order valence-corrected chi connectivity index (χ3v) is 5.81. The fraction of sp³-hybridized carbons (Fsp3) is 0.250. The number of nitrogens with one attached hydrogen (secondary N) is 1.